The second kappa shape index (κ2) is 8.82. The van der Waals surface area contributed by atoms with Gasteiger partial charge in [-0.25, -0.2) is 0 Å². The van der Waals surface area contributed by atoms with Gasteiger partial charge in [-0.15, -0.1) is 0 Å². The fourth-order valence-electron chi connectivity index (χ4n) is 7.42. The molecule has 0 spiro atoms. The van der Waals surface area contributed by atoms with Crippen LogP contribution in [0.1, 0.15) is 0 Å². The van der Waals surface area contributed by atoms with Gasteiger partial charge < -0.3 is 8.83 Å². The molecule has 0 aliphatic heterocycles. The Morgan fingerprint density at radius 2 is 0.932 bits per heavy atom. The lowest BCUT2D eigenvalue weighted by Crippen LogP contribution is -1.92. The number of rotatable bonds is 2. The van der Waals surface area contributed by atoms with Gasteiger partial charge in [0.1, 0.15) is 16.7 Å². The number of benzene rings is 8. The van der Waals surface area contributed by atoms with E-state index >= 15 is 0 Å². The van der Waals surface area contributed by atoms with Gasteiger partial charge in [-0.2, -0.15) is 0 Å². The minimum atomic E-state index is 0.834. The van der Waals surface area contributed by atoms with E-state index in [-0.39, 0.29) is 0 Å². The molecule has 2 heterocycles. The van der Waals surface area contributed by atoms with E-state index in [0.29, 0.717) is 0 Å². The molecule has 204 valence electrons. The molecule has 0 unspecified atom stereocenters. The van der Waals surface area contributed by atoms with Gasteiger partial charge in [0.25, 0.3) is 0 Å². The van der Waals surface area contributed by atoms with Crippen LogP contribution in [0.4, 0.5) is 0 Å². The van der Waals surface area contributed by atoms with E-state index < -0.39 is 0 Å². The first kappa shape index (κ1) is 23.7. The first-order valence-electron chi connectivity index (χ1n) is 15.0. The third-order valence-corrected chi connectivity index (χ3v) is 9.31. The summed E-state index contributed by atoms with van der Waals surface area (Å²) in [6.45, 7) is 0. The van der Waals surface area contributed by atoms with Crippen LogP contribution in [0.5, 0.6) is 0 Å². The van der Waals surface area contributed by atoms with Gasteiger partial charge in [-0.1, -0.05) is 115 Å². The summed E-state index contributed by atoms with van der Waals surface area (Å²) in [7, 11) is 0. The SMILES string of the molecule is c1ccc2c(c1)cc(-c1c3ccccc3c(-c3cccc4c3oc3cc5occc5cc34)c3ccccc13)c1ccccc12. The Bertz CT molecular complexity index is 2720. The molecular weight excluding hydrogens is 536 g/mol. The molecule has 10 rings (SSSR count). The lowest BCUT2D eigenvalue weighted by Gasteiger charge is -2.19. The molecule has 0 aliphatic carbocycles. The summed E-state index contributed by atoms with van der Waals surface area (Å²) in [6, 6.07) is 50.3. The Kier molecular flexibility index (Phi) is 4.75. The fraction of sp³-hybridized carbons (Fsp3) is 0. The van der Waals surface area contributed by atoms with Gasteiger partial charge in [0, 0.05) is 33.4 Å². The van der Waals surface area contributed by atoms with Gasteiger partial charge in [0.2, 0.25) is 0 Å². The van der Waals surface area contributed by atoms with Crippen LogP contribution in [-0.4, -0.2) is 0 Å². The standard InChI is InChI=1S/C42H24O2/c1-2-11-27-25(10-1)22-37(29-13-4-3-12-28(27)29)41-32-16-7-5-14-30(32)40(31-15-6-8-17-33(31)41)35-19-9-18-34-36-23-26-20-21-43-38(26)24-39(36)44-42(34)35/h1-24H. The minimum absolute atomic E-state index is 0.834. The molecular formula is C42H24O2. The molecule has 0 aliphatic rings. The van der Waals surface area contributed by atoms with Crippen molar-refractivity contribution in [3.05, 3.63) is 146 Å². The molecule has 0 N–H and O–H groups in total. The smallest absolute Gasteiger partial charge is 0.143 e. The molecule has 2 nitrogen and oxygen atoms in total. The molecule has 0 saturated heterocycles. The van der Waals surface area contributed by atoms with E-state index in [0.717, 1.165) is 38.5 Å². The summed E-state index contributed by atoms with van der Waals surface area (Å²) >= 11 is 0. The Morgan fingerprint density at radius 3 is 1.66 bits per heavy atom. The molecule has 0 fully saturated rings. The van der Waals surface area contributed by atoms with E-state index in [4.69, 9.17) is 8.83 Å². The minimum Gasteiger partial charge on any atom is -0.464 e. The van der Waals surface area contributed by atoms with Gasteiger partial charge >= 0.3 is 0 Å². The lowest BCUT2D eigenvalue weighted by molar-refractivity contribution is 0.613. The summed E-state index contributed by atoms with van der Waals surface area (Å²) in [5.74, 6) is 0. The Morgan fingerprint density at radius 1 is 0.341 bits per heavy atom. The van der Waals surface area contributed by atoms with Crippen LogP contribution in [0.2, 0.25) is 0 Å². The molecule has 10 aromatic rings. The highest BCUT2D eigenvalue weighted by molar-refractivity contribution is 6.27. The van der Waals surface area contributed by atoms with Crippen molar-refractivity contribution in [3.63, 3.8) is 0 Å². The van der Waals surface area contributed by atoms with Crippen molar-refractivity contribution < 1.29 is 8.83 Å². The number of fused-ring (bicyclic) bond motifs is 9. The van der Waals surface area contributed by atoms with Crippen LogP contribution in [0, 0.1) is 0 Å². The quantitative estimate of drug-likeness (QED) is 0.155. The normalized spacial score (nSPS) is 12.1. The van der Waals surface area contributed by atoms with Crippen molar-refractivity contribution >= 4 is 76.0 Å². The molecule has 8 aromatic carbocycles. The van der Waals surface area contributed by atoms with Crippen LogP contribution in [0.15, 0.2) is 155 Å². The van der Waals surface area contributed by atoms with Gasteiger partial charge in [0.05, 0.1) is 6.26 Å². The van der Waals surface area contributed by atoms with Crippen molar-refractivity contribution in [2.75, 3.05) is 0 Å². The third-order valence-electron chi connectivity index (χ3n) is 9.31. The predicted molar refractivity (Wildman–Crippen MR) is 184 cm³/mol. The van der Waals surface area contributed by atoms with Crippen LogP contribution < -0.4 is 0 Å². The summed E-state index contributed by atoms with van der Waals surface area (Å²) in [6.07, 6.45) is 1.73. The number of hydrogen-bond donors (Lipinski definition) is 0. The number of hydrogen-bond acceptors (Lipinski definition) is 2. The molecule has 0 saturated carbocycles. The average Bonchev–Trinajstić information content (AvgIpc) is 3.69. The fourth-order valence-corrected chi connectivity index (χ4v) is 7.42. The van der Waals surface area contributed by atoms with E-state index in [1.54, 1.807) is 6.26 Å². The topological polar surface area (TPSA) is 26.3 Å². The Balaban J connectivity index is 1.36. The largest absolute Gasteiger partial charge is 0.464 e. The zero-order valence-corrected chi connectivity index (χ0v) is 23.7. The van der Waals surface area contributed by atoms with Crippen molar-refractivity contribution in [1.29, 1.82) is 0 Å². The highest BCUT2D eigenvalue weighted by Crippen LogP contribution is 2.48. The molecule has 0 atom stereocenters. The van der Waals surface area contributed by atoms with Crippen molar-refractivity contribution in [1.82, 2.24) is 0 Å². The first-order chi connectivity index (χ1) is 21.8. The van der Waals surface area contributed by atoms with E-state index in [1.807, 2.05) is 12.1 Å². The Hall–Kier alpha value is -5.86. The van der Waals surface area contributed by atoms with E-state index in [1.165, 1.54) is 59.8 Å². The summed E-state index contributed by atoms with van der Waals surface area (Å²) in [5, 5.41) is 13.2. The first-order valence-corrected chi connectivity index (χ1v) is 15.0. The molecule has 0 bridgehead atoms. The van der Waals surface area contributed by atoms with Crippen LogP contribution in [0.25, 0.3) is 98.3 Å². The van der Waals surface area contributed by atoms with Gasteiger partial charge in [0.15, 0.2) is 0 Å². The maximum atomic E-state index is 6.67. The summed E-state index contributed by atoms with van der Waals surface area (Å²) < 4.78 is 12.4. The second-order valence-corrected chi connectivity index (χ2v) is 11.6. The Labute approximate surface area is 252 Å². The molecule has 0 amide bonds. The highest BCUT2D eigenvalue weighted by Gasteiger charge is 2.21. The predicted octanol–water partition coefficient (Wildman–Crippen LogP) is 12.3. The lowest BCUT2D eigenvalue weighted by atomic mass is 9.83. The third kappa shape index (κ3) is 3.20. The summed E-state index contributed by atoms with van der Waals surface area (Å²) in [5.41, 5.74) is 7.37. The zero-order valence-electron chi connectivity index (χ0n) is 23.7. The van der Waals surface area contributed by atoms with Crippen LogP contribution >= 0.6 is 0 Å². The van der Waals surface area contributed by atoms with Crippen molar-refractivity contribution in [2.45, 2.75) is 0 Å². The average molecular weight is 561 g/mol. The van der Waals surface area contributed by atoms with Crippen molar-refractivity contribution in [2.24, 2.45) is 0 Å². The molecule has 2 heteroatoms. The monoisotopic (exact) mass is 560 g/mol. The van der Waals surface area contributed by atoms with Crippen LogP contribution in [0.3, 0.4) is 0 Å². The number of furan rings is 2. The second-order valence-electron chi connectivity index (χ2n) is 11.6. The molecule has 44 heavy (non-hydrogen) atoms. The summed E-state index contributed by atoms with van der Waals surface area (Å²) in [4.78, 5) is 0. The highest BCUT2D eigenvalue weighted by atomic mass is 16.3. The maximum Gasteiger partial charge on any atom is 0.143 e. The van der Waals surface area contributed by atoms with Gasteiger partial charge in [-0.3, -0.25) is 0 Å². The van der Waals surface area contributed by atoms with E-state index in [9.17, 15) is 0 Å². The number of para-hydroxylation sites is 1. The maximum absolute atomic E-state index is 6.67. The molecule has 2 aromatic heterocycles. The van der Waals surface area contributed by atoms with E-state index in [2.05, 4.69) is 127 Å². The molecule has 0 radical (unpaired) electrons. The van der Waals surface area contributed by atoms with Crippen LogP contribution in [-0.2, 0) is 0 Å². The van der Waals surface area contributed by atoms with Gasteiger partial charge in [-0.05, 0) is 72.4 Å². The zero-order chi connectivity index (χ0) is 28.8. The van der Waals surface area contributed by atoms with Crippen molar-refractivity contribution in [3.8, 4) is 22.3 Å².